The highest BCUT2D eigenvalue weighted by atomic mass is 32.1. The van der Waals surface area contributed by atoms with Gasteiger partial charge in [0.1, 0.15) is 5.75 Å². The highest BCUT2D eigenvalue weighted by Crippen LogP contribution is 2.35. The van der Waals surface area contributed by atoms with Crippen molar-refractivity contribution in [1.29, 1.82) is 0 Å². The zero-order valence-electron chi connectivity index (χ0n) is 10.6. The molecule has 0 aliphatic carbocycles. The number of alkyl halides is 3. The van der Waals surface area contributed by atoms with Crippen molar-refractivity contribution < 1.29 is 17.9 Å². The van der Waals surface area contributed by atoms with Gasteiger partial charge in [-0.3, -0.25) is 0 Å². The molecule has 0 amide bonds. The topological polar surface area (TPSA) is 33.3 Å². The van der Waals surface area contributed by atoms with Crippen LogP contribution in [0.3, 0.4) is 0 Å². The summed E-state index contributed by atoms with van der Waals surface area (Å²) in [6.07, 6.45) is -3.64. The largest absolute Gasteiger partial charge is 0.491 e. The molecular weight excluding hydrogens is 277 g/mol. The Kier molecular flexibility index (Phi) is 5.41. The minimum atomic E-state index is -4.40. The standard InChI is InChI=1S/C12H15F3N2OS/c1-3-6-18-10-5-4-8(12(13,14)15)7-9(10)17-11(19)16-2/h4-5,7H,3,6H2,1-2H3,(H2,16,17,19). The third-order valence-electron chi connectivity index (χ3n) is 2.24. The van der Waals surface area contributed by atoms with Crippen molar-refractivity contribution in [3.05, 3.63) is 23.8 Å². The van der Waals surface area contributed by atoms with Crippen molar-refractivity contribution in [2.24, 2.45) is 0 Å². The maximum Gasteiger partial charge on any atom is 0.416 e. The van der Waals surface area contributed by atoms with Crippen LogP contribution in [0.25, 0.3) is 0 Å². The Morgan fingerprint density at radius 2 is 2.05 bits per heavy atom. The molecule has 0 aliphatic heterocycles. The maximum absolute atomic E-state index is 12.7. The molecule has 0 bridgehead atoms. The summed E-state index contributed by atoms with van der Waals surface area (Å²) >= 11 is 4.89. The SMILES string of the molecule is CCCOc1ccc(C(F)(F)F)cc1NC(=S)NC. The van der Waals surface area contributed by atoms with Crippen LogP contribution in [0.15, 0.2) is 18.2 Å². The van der Waals surface area contributed by atoms with Gasteiger partial charge in [0.2, 0.25) is 0 Å². The lowest BCUT2D eigenvalue weighted by molar-refractivity contribution is -0.137. The van der Waals surface area contributed by atoms with E-state index < -0.39 is 11.7 Å². The third kappa shape index (κ3) is 4.59. The summed E-state index contributed by atoms with van der Waals surface area (Å²) in [6, 6.07) is 3.26. The number of nitrogens with one attached hydrogen (secondary N) is 2. The fraction of sp³-hybridized carbons (Fsp3) is 0.417. The van der Waals surface area contributed by atoms with Gasteiger partial charge in [0.15, 0.2) is 5.11 Å². The molecule has 0 fully saturated rings. The molecular formula is C12H15F3N2OS. The molecule has 0 atom stereocenters. The van der Waals surface area contributed by atoms with Crippen LogP contribution >= 0.6 is 12.2 Å². The Morgan fingerprint density at radius 3 is 2.58 bits per heavy atom. The summed E-state index contributed by atoms with van der Waals surface area (Å²) in [5.41, 5.74) is -0.555. The summed E-state index contributed by atoms with van der Waals surface area (Å²) < 4.78 is 43.3. The molecule has 1 rings (SSSR count). The van der Waals surface area contributed by atoms with E-state index in [1.165, 1.54) is 6.07 Å². The molecule has 19 heavy (non-hydrogen) atoms. The van der Waals surface area contributed by atoms with Crippen LogP contribution in [0.5, 0.6) is 5.75 Å². The van der Waals surface area contributed by atoms with E-state index in [1.54, 1.807) is 7.05 Å². The predicted molar refractivity (Wildman–Crippen MR) is 72.5 cm³/mol. The second kappa shape index (κ2) is 6.60. The lowest BCUT2D eigenvalue weighted by atomic mass is 10.2. The highest BCUT2D eigenvalue weighted by Gasteiger charge is 2.31. The maximum atomic E-state index is 12.7. The predicted octanol–water partition coefficient (Wildman–Crippen LogP) is 3.41. The summed E-state index contributed by atoms with van der Waals surface area (Å²) in [5.74, 6) is 0.340. The molecule has 1 aromatic carbocycles. The lowest BCUT2D eigenvalue weighted by Gasteiger charge is -2.15. The van der Waals surface area contributed by atoms with Gasteiger partial charge in [-0.05, 0) is 36.8 Å². The normalized spacial score (nSPS) is 11.0. The van der Waals surface area contributed by atoms with Gasteiger partial charge >= 0.3 is 6.18 Å². The Balaban J connectivity index is 3.07. The highest BCUT2D eigenvalue weighted by molar-refractivity contribution is 7.80. The monoisotopic (exact) mass is 292 g/mol. The molecule has 3 nitrogen and oxygen atoms in total. The van der Waals surface area contributed by atoms with E-state index in [0.717, 1.165) is 18.6 Å². The van der Waals surface area contributed by atoms with E-state index >= 15 is 0 Å². The molecule has 0 aromatic heterocycles. The van der Waals surface area contributed by atoms with Crippen LogP contribution in [0.1, 0.15) is 18.9 Å². The van der Waals surface area contributed by atoms with Crippen molar-refractivity contribution in [1.82, 2.24) is 5.32 Å². The van der Waals surface area contributed by atoms with Gasteiger partial charge in [0.05, 0.1) is 17.9 Å². The lowest BCUT2D eigenvalue weighted by Crippen LogP contribution is -2.24. The summed E-state index contributed by atoms with van der Waals surface area (Å²) in [6.45, 7) is 2.34. The van der Waals surface area contributed by atoms with E-state index in [-0.39, 0.29) is 10.8 Å². The van der Waals surface area contributed by atoms with Crippen LogP contribution in [0, 0.1) is 0 Å². The van der Waals surface area contributed by atoms with Crippen LogP contribution < -0.4 is 15.4 Å². The molecule has 0 saturated heterocycles. The Morgan fingerprint density at radius 1 is 1.37 bits per heavy atom. The molecule has 0 spiro atoms. The third-order valence-corrected chi connectivity index (χ3v) is 2.55. The minimum Gasteiger partial charge on any atom is -0.491 e. The zero-order valence-corrected chi connectivity index (χ0v) is 11.4. The van der Waals surface area contributed by atoms with Gasteiger partial charge in [0, 0.05) is 7.05 Å². The van der Waals surface area contributed by atoms with Crippen LogP contribution in [-0.2, 0) is 6.18 Å². The second-order valence-corrected chi connectivity index (χ2v) is 4.17. The Labute approximate surface area is 115 Å². The van der Waals surface area contributed by atoms with Gasteiger partial charge in [-0.1, -0.05) is 6.92 Å². The number of hydrogen-bond donors (Lipinski definition) is 2. The van der Waals surface area contributed by atoms with Gasteiger partial charge in [-0.25, -0.2) is 0 Å². The van der Waals surface area contributed by atoms with E-state index in [2.05, 4.69) is 10.6 Å². The Hall–Kier alpha value is -1.50. The van der Waals surface area contributed by atoms with Gasteiger partial charge in [0.25, 0.3) is 0 Å². The molecule has 0 heterocycles. The average molecular weight is 292 g/mol. The van der Waals surface area contributed by atoms with Crippen molar-refractivity contribution in [2.75, 3.05) is 19.0 Å². The second-order valence-electron chi connectivity index (χ2n) is 3.76. The number of hydrogen-bond acceptors (Lipinski definition) is 2. The van der Waals surface area contributed by atoms with E-state index in [4.69, 9.17) is 17.0 Å². The van der Waals surface area contributed by atoms with E-state index in [0.29, 0.717) is 12.4 Å². The first-order valence-corrected chi connectivity index (χ1v) is 6.12. The summed E-state index contributed by atoms with van der Waals surface area (Å²) in [4.78, 5) is 0. The van der Waals surface area contributed by atoms with Gasteiger partial charge in [-0.15, -0.1) is 0 Å². The fourth-order valence-corrected chi connectivity index (χ4v) is 1.44. The smallest absolute Gasteiger partial charge is 0.416 e. The molecule has 106 valence electrons. The first-order valence-electron chi connectivity index (χ1n) is 5.71. The zero-order chi connectivity index (χ0) is 14.5. The summed E-state index contributed by atoms with van der Waals surface area (Å²) in [5, 5.41) is 5.54. The quantitative estimate of drug-likeness (QED) is 0.833. The van der Waals surface area contributed by atoms with Crippen LogP contribution in [0.4, 0.5) is 18.9 Å². The van der Waals surface area contributed by atoms with Crippen LogP contribution in [-0.4, -0.2) is 18.8 Å². The molecule has 7 heteroatoms. The minimum absolute atomic E-state index is 0.197. The summed E-state index contributed by atoms with van der Waals surface area (Å²) in [7, 11) is 1.58. The van der Waals surface area contributed by atoms with Crippen molar-refractivity contribution >= 4 is 23.0 Å². The number of rotatable bonds is 4. The van der Waals surface area contributed by atoms with Crippen molar-refractivity contribution in [2.45, 2.75) is 19.5 Å². The van der Waals surface area contributed by atoms with Gasteiger partial charge in [-0.2, -0.15) is 13.2 Å². The number of halogens is 3. The average Bonchev–Trinajstić information content (AvgIpc) is 2.35. The first kappa shape index (κ1) is 15.6. The fourth-order valence-electron chi connectivity index (χ4n) is 1.33. The molecule has 0 radical (unpaired) electrons. The van der Waals surface area contributed by atoms with Crippen molar-refractivity contribution in [3.63, 3.8) is 0 Å². The van der Waals surface area contributed by atoms with Crippen LogP contribution in [0.2, 0.25) is 0 Å². The van der Waals surface area contributed by atoms with Gasteiger partial charge < -0.3 is 15.4 Å². The van der Waals surface area contributed by atoms with E-state index in [9.17, 15) is 13.2 Å². The molecule has 0 unspecified atom stereocenters. The molecule has 0 saturated carbocycles. The Bertz CT molecular complexity index is 449. The van der Waals surface area contributed by atoms with Crippen molar-refractivity contribution in [3.8, 4) is 5.75 Å². The number of benzene rings is 1. The molecule has 0 aliphatic rings. The first-order chi connectivity index (χ1) is 8.88. The number of ether oxygens (including phenoxy) is 1. The number of anilines is 1. The number of thiocarbonyl (C=S) groups is 1. The molecule has 2 N–H and O–H groups in total. The van der Waals surface area contributed by atoms with E-state index in [1.807, 2.05) is 6.92 Å². The molecule has 1 aromatic rings.